The molecule has 1 saturated heterocycles. The molecule has 2 heterocycles. The predicted molar refractivity (Wildman–Crippen MR) is 78.0 cm³/mol. The van der Waals surface area contributed by atoms with Gasteiger partial charge in [0, 0.05) is 32.6 Å². The molecule has 2 aliphatic heterocycles. The third-order valence-electron chi connectivity index (χ3n) is 4.30. The van der Waals surface area contributed by atoms with Crippen LogP contribution in [0.4, 0.5) is 0 Å². The monoisotopic (exact) mass is 288 g/mol. The summed E-state index contributed by atoms with van der Waals surface area (Å²) in [5.41, 5.74) is 1.48. The van der Waals surface area contributed by atoms with Gasteiger partial charge in [0.25, 0.3) is 5.91 Å². The van der Waals surface area contributed by atoms with Crippen molar-refractivity contribution in [2.24, 2.45) is 0 Å². The van der Waals surface area contributed by atoms with E-state index in [0.29, 0.717) is 25.1 Å². The van der Waals surface area contributed by atoms with Crippen LogP contribution in [0.3, 0.4) is 0 Å². The third-order valence-corrected chi connectivity index (χ3v) is 4.30. The Bertz CT molecular complexity index is 550. The van der Waals surface area contributed by atoms with Crippen LogP contribution in [0.15, 0.2) is 24.3 Å². The average molecular weight is 288 g/mol. The maximum absolute atomic E-state index is 12.5. The molecule has 21 heavy (non-hydrogen) atoms. The summed E-state index contributed by atoms with van der Waals surface area (Å²) in [7, 11) is 0. The molecule has 2 aliphatic rings. The fourth-order valence-electron chi connectivity index (χ4n) is 2.96. The van der Waals surface area contributed by atoms with Gasteiger partial charge in [-0.1, -0.05) is 25.1 Å². The van der Waals surface area contributed by atoms with Gasteiger partial charge in [-0.15, -0.1) is 0 Å². The Labute approximate surface area is 124 Å². The van der Waals surface area contributed by atoms with Crippen LogP contribution in [-0.4, -0.2) is 60.5 Å². The molecule has 0 aliphatic carbocycles. The first-order valence-corrected chi connectivity index (χ1v) is 7.49. The molecule has 0 spiro atoms. The number of amides is 1. The zero-order valence-electron chi connectivity index (χ0n) is 12.2. The lowest BCUT2D eigenvalue weighted by Crippen LogP contribution is -2.53. The largest absolute Gasteiger partial charge is 0.448 e. The predicted octanol–water partition coefficient (Wildman–Crippen LogP) is 0.932. The summed E-state index contributed by atoms with van der Waals surface area (Å²) in [6.45, 7) is 6.33. The lowest BCUT2D eigenvalue weighted by Gasteiger charge is -2.36. The Hall–Kier alpha value is -1.88. The van der Waals surface area contributed by atoms with Crippen molar-refractivity contribution in [1.29, 1.82) is 0 Å². The van der Waals surface area contributed by atoms with Crippen molar-refractivity contribution in [2.75, 3.05) is 32.7 Å². The van der Waals surface area contributed by atoms with Gasteiger partial charge in [-0.25, -0.2) is 4.79 Å². The smallest absolute Gasteiger partial charge is 0.339 e. The Balaban J connectivity index is 1.68. The van der Waals surface area contributed by atoms with Crippen LogP contribution in [0.25, 0.3) is 0 Å². The first kappa shape index (κ1) is 14.1. The molecule has 1 fully saturated rings. The number of carbonyl (C=O) groups is 2. The Morgan fingerprint density at radius 3 is 2.67 bits per heavy atom. The average Bonchev–Trinajstić information content (AvgIpc) is 2.54. The van der Waals surface area contributed by atoms with Gasteiger partial charge < -0.3 is 14.5 Å². The molecule has 5 heteroatoms. The number of carbonyl (C=O) groups excluding carboxylic acids is 2. The van der Waals surface area contributed by atoms with E-state index in [4.69, 9.17) is 4.74 Å². The highest BCUT2D eigenvalue weighted by molar-refractivity contribution is 5.95. The van der Waals surface area contributed by atoms with Crippen molar-refractivity contribution in [3.05, 3.63) is 35.4 Å². The highest BCUT2D eigenvalue weighted by Gasteiger charge is 2.34. The highest BCUT2D eigenvalue weighted by Crippen LogP contribution is 2.22. The van der Waals surface area contributed by atoms with Crippen LogP contribution in [0, 0.1) is 0 Å². The Morgan fingerprint density at radius 2 is 1.95 bits per heavy atom. The lowest BCUT2D eigenvalue weighted by molar-refractivity contribution is -0.142. The summed E-state index contributed by atoms with van der Waals surface area (Å²) in [6, 6.07) is 7.34. The van der Waals surface area contributed by atoms with E-state index in [2.05, 4.69) is 11.8 Å². The van der Waals surface area contributed by atoms with Crippen molar-refractivity contribution >= 4 is 11.9 Å². The van der Waals surface area contributed by atoms with E-state index in [-0.39, 0.29) is 11.9 Å². The quantitative estimate of drug-likeness (QED) is 0.760. The number of hydrogen-bond acceptors (Lipinski definition) is 4. The Morgan fingerprint density at radius 1 is 1.24 bits per heavy atom. The number of rotatable bonds is 2. The first-order valence-electron chi connectivity index (χ1n) is 7.49. The molecule has 1 aromatic rings. The zero-order valence-corrected chi connectivity index (χ0v) is 12.2. The molecule has 1 amide bonds. The number of fused-ring (bicyclic) bond motifs is 1. The topological polar surface area (TPSA) is 49.9 Å². The van der Waals surface area contributed by atoms with Gasteiger partial charge in [-0.3, -0.25) is 4.79 Å². The third kappa shape index (κ3) is 2.78. The second-order valence-corrected chi connectivity index (χ2v) is 5.51. The summed E-state index contributed by atoms with van der Waals surface area (Å²) in [5, 5.41) is 0. The van der Waals surface area contributed by atoms with E-state index >= 15 is 0 Å². The van der Waals surface area contributed by atoms with Crippen LogP contribution in [-0.2, 0) is 16.0 Å². The standard InChI is InChI=1S/C16H20N2O3/c1-2-17-7-9-18(10-8-17)15(19)14-11-12-5-3-4-6-13(12)16(20)21-14/h3-6,14H,2,7-11H2,1H3. The molecule has 0 saturated carbocycles. The number of benzene rings is 1. The molecule has 0 bridgehead atoms. The van der Waals surface area contributed by atoms with Gasteiger partial charge >= 0.3 is 5.97 Å². The molecule has 0 radical (unpaired) electrons. The van der Waals surface area contributed by atoms with Crippen molar-refractivity contribution in [3.8, 4) is 0 Å². The molecule has 112 valence electrons. The minimum atomic E-state index is -0.666. The molecular formula is C16H20N2O3. The molecule has 0 aromatic heterocycles. The molecule has 3 rings (SSSR count). The Kier molecular flexibility index (Phi) is 3.92. The number of nitrogens with zero attached hydrogens (tertiary/aromatic N) is 2. The number of esters is 1. The maximum Gasteiger partial charge on any atom is 0.339 e. The lowest BCUT2D eigenvalue weighted by atomic mass is 9.98. The maximum atomic E-state index is 12.5. The van der Waals surface area contributed by atoms with Gasteiger partial charge in [0.15, 0.2) is 6.10 Å². The van der Waals surface area contributed by atoms with Crippen molar-refractivity contribution in [2.45, 2.75) is 19.4 Å². The number of likely N-dealkylation sites (N-methyl/N-ethyl adjacent to an activating group) is 1. The molecule has 5 nitrogen and oxygen atoms in total. The highest BCUT2D eigenvalue weighted by atomic mass is 16.5. The van der Waals surface area contributed by atoms with Crippen LogP contribution >= 0.6 is 0 Å². The summed E-state index contributed by atoms with van der Waals surface area (Å²) in [6.07, 6.45) is -0.185. The molecule has 1 unspecified atom stereocenters. The number of piperazine rings is 1. The zero-order chi connectivity index (χ0) is 14.8. The van der Waals surface area contributed by atoms with Gasteiger partial charge in [-0.2, -0.15) is 0 Å². The second kappa shape index (κ2) is 5.85. The van der Waals surface area contributed by atoms with Crippen molar-refractivity contribution < 1.29 is 14.3 Å². The first-order chi connectivity index (χ1) is 10.2. The molecule has 1 aromatic carbocycles. The summed E-state index contributed by atoms with van der Waals surface area (Å²) >= 11 is 0. The van der Waals surface area contributed by atoms with Gasteiger partial charge in [0.1, 0.15) is 0 Å². The molecule has 0 N–H and O–H groups in total. The summed E-state index contributed by atoms with van der Waals surface area (Å²) < 4.78 is 5.34. The minimum Gasteiger partial charge on any atom is -0.448 e. The summed E-state index contributed by atoms with van der Waals surface area (Å²) in [4.78, 5) is 28.6. The number of hydrogen-bond donors (Lipinski definition) is 0. The summed E-state index contributed by atoms with van der Waals surface area (Å²) in [5.74, 6) is -0.448. The fourth-order valence-corrected chi connectivity index (χ4v) is 2.96. The second-order valence-electron chi connectivity index (χ2n) is 5.51. The van der Waals surface area contributed by atoms with E-state index in [9.17, 15) is 9.59 Å². The van der Waals surface area contributed by atoms with Crippen LogP contribution in [0.5, 0.6) is 0 Å². The van der Waals surface area contributed by atoms with Crippen molar-refractivity contribution in [3.63, 3.8) is 0 Å². The number of cyclic esters (lactones) is 1. The van der Waals surface area contributed by atoms with E-state index in [0.717, 1.165) is 25.2 Å². The van der Waals surface area contributed by atoms with Gasteiger partial charge in [-0.05, 0) is 18.2 Å². The number of ether oxygens (including phenoxy) is 1. The van der Waals surface area contributed by atoms with E-state index in [1.807, 2.05) is 23.1 Å². The van der Waals surface area contributed by atoms with Crippen molar-refractivity contribution in [1.82, 2.24) is 9.80 Å². The van der Waals surface area contributed by atoms with Crippen LogP contribution in [0.2, 0.25) is 0 Å². The fraction of sp³-hybridized carbons (Fsp3) is 0.500. The van der Waals surface area contributed by atoms with Gasteiger partial charge in [0.05, 0.1) is 5.56 Å². The molecule has 1 atom stereocenters. The van der Waals surface area contributed by atoms with Crippen LogP contribution < -0.4 is 0 Å². The van der Waals surface area contributed by atoms with E-state index < -0.39 is 6.10 Å². The van der Waals surface area contributed by atoms with E-state index in [1.165, 1.54) is 0 Å². The van der Waals surface area contributed by atoms with E-state index in [1.54, 1.807) is 6.07 Å². The molecular weight excluding hydrogens is 268 g/mol. The van der Waals surface area contributed by atoms with Gasteiger partial charge in [0.2, 0.25) is 0 Å². The normalized spacial score (nSPS) is 22.6. The SMILES string of the molecule is CCN1CCN(C(=O)C2Cc3ccccc3C(=O)O2)CC1. The minimum absolute atomic E-state index is 0.0615. The van der Waals surface area contributed by atoms with Crippen LogP contribution in [0.1, 0.15) is 22.8 Å².